The summed E-state index contributed by atoms with van der Waals surface area (Å²) >= 11 is 1.15. The van der Waals surface area contributed by atoms with Crippen LogP contribution in [0, 0.1) is 6.92 Å². The molecule has 0 saturated heterocycles. The van der Waals surface area contributed by atoms with E-state index in [1.54, 1.807) is 32.2 Å². The highest BCUT2D eigenvalue weighted by Gasteiger charge is 2.24. The Morgan fingerprint density at radius 1 is 1.27 bits per heavy atom. The van der Waals surface area contributed by atoms with Crippen molar-refractivity contribution in [2.24, 2.45) is 0 Å². The average Bonchev–Trinajstić information content (AvgIpc) is 3.15. The number of amides is 1. The van der Waals surface area contributed by atoms with Crippen molar-refractivity contribution in [2.75, 3.05) is 17.7 Å². The zero-order valence-electron chi connectivity index (χ0n) is 14.3. The number of aryl methyl sites for hydroxylation is 1. The highest BCUT2D eigenvalue weighted by molar-refractivity contribution is 7.10. The van der Waals surface area contributed by atoms with Gasteiger partial charge in [-0.15, -0.1) is 0 Å². The van der Waals surface area contributed by atoms with Crippen molar-refractivity contribution in [1.82, 2.24) is 14.3 Å². The van der Waals surface area contributed by atoms with Crippen LogP contribution in [0.25, 0.3) is 11.0 Å². The summed E-state index contributed by atoms with van der Waals surface area (Å²) in [5.41, 5.74) is 2.21. The van der Waals surface area contributed by atoms with Crippen LogP contribution >= 0.6 is 11.5 Å². The molecular weight excluding hydrogens is 358 g/mol. The molecule has 136 valence electrons. The van der Waals surface area contributed by atoms with Crippen LogP contribution < -0.4 is 16.3 Å². The monoisotopic (exact) mass is 375 g/mol. The van der Waals surface area contributed by atoms with E-state index < -0.39 is 18.0 Å². The molecule has 9 nitrogen and oxygen atoms in total. The van der Waals surface area contributed by atoms with E-state index in [2.05, 4.69) is 25.0 Å². The number of rotatable bonds is 5. The van der Waals surface area contributed by atoms with Crippen LogP contribution in [0.5, 0.6) is 0 Å². The molecule has 1 atom stereocenters. The van der Waals surface area contributed by atoms with Gasteiger partial charge in [0.15, 0.2) is 6.10 Å². The first-order valence-corrected chi connectivity index (χ1v) is 8.54. The second kappa shape index (κ2) is 7.00. The molecule has 0 radical (unpaired) electrons. The number of benzene rings is 1. The van der Waals surface area contributed by atoms with Crippen molar-refractivity contribution in [1.29, 1.82) is 0 Å². The van der Waals surface area contributed by atoms with Crippen LogP contribution in [0.15, 0.2) is 23.0 Å². The van der Waals surface area contributed by atoms with Crippen LogP contribution in [0.2, 0.25) is 0 Å². The molecule has 1 aromatic carbocycles. The van der Waals surface area contributed by atoms with Crippen LogP contribution in [-0.4, -0.2) is 39.4 Å². The fourth-order valence-electron chi connectivity index (χ4n) is 2.41. The van der Waals surface area contributed by atoms with Gasteiger partial charge in [0.05, 0.1) is 16.7 Å². The Morgan fingerprint density at radius 3 is 2.73 bits per heavy atom. The number of nitrogens with one attached hydrogen (secondary N) is 4. The molecule has 0 saturated carbocycles. The highest BCUT2D eigenvalue weighted by Crippen LogP contribution is 2.25. The van der Waals surface area contributed by atoms with Crippen molar-refractivity contribution in [2.45, 2.75) is 20.0 Å². The minimum atomic E-state index is -1.01. The SMILES string of the molecule is CNc1snc(C)c1C(=O)OC(C)C(=O)Nc1ccc2[nH]c(=O)[nH]c2c1. The predicted octanol–water partition coefficient (Wildman–Crippen LogP) is 1.85. The van der Waals surface area contributed by atoms with Gasteiger partial charge in [0.25, 0.3) is 5.91 Å². The van der Waals surface area contributed by atoms with Gasteiger partial charge in [0.2, 0.25) is 0 Å². The molecule has 0 aliphatic heterocycles. The number of H-pyrrole nitrogens is 2. The molecular formula is C16H17N5O4S. The second-order valence-electron chi connectivity index (χ2n) is 5.60. The van der Waals surface area contributed by atoms with Gasteiger partial charge in [-0.25, -0.2) is 9.59 Å². The Hall–Kier alpha value is -3.14. The molecule has 4 N–H and O–H groups in total. The van der Waals surface area contributed by atoms with E-state index in [4.69, 9.17) is 4.74 Å². The first-order chi connectivity index (χ1) is 12.4. The number of carbonyl (C=O) groups is 2. The molecule has 3 aromatic rings. The Labute approximate surface area is 151 Å². The number of nitrogens with zero attached hydrogens (tertiary/aromatic N) is 1. The summed E-state index contributed by atoms with van der Waals surface area (Å²) in [5.74, 6) is -1.10. The lowest BCUT2D eigenvalue weighted by Gasteiger charge is -2.14. The second-order valence-corrected chi connectivity index (χ2v) is 6.37. The summed E-state index contributed by atoms with van der Waals surface area (Å²) in [6.07, 6.45) is -1.01. The zero-order chi connectivity index (χ0) is 18.8. The highest BCUT2D eigenvalue weighted by atomic mass is 32.1. The minimum absolute atomic E-state index is 0.323. The Kier molecular flexibility index (Phi) is 4.76. The van der Waals surface area contributed by atoms with E-state index in [-0.39, 0.29) is 5.69 Å². The lowest BCUT2D eigenvalue weighted by atomic mass is 10.2. The number of hydrogen-bond acceptors (Lipinski definition) is 7. The maximum absolute atomic E-state index is 12.3. The standard InChI is InChI=1S/C16H17N5O4S/c1-7-12(14(17-3)26-21-7)15(23)25-8(2)13(22)18-9-4-5-10-11(6-9)20-16(24)19-10/h4-6,8,17H,1-3H3,(H,18,22)(H2,19,20,24). The summed E-state index contributed by atoms with van der Waals surface area (Å²) in [7, 11) is 1.68. The number of ether oxygens (including phenoxy) is 1. The molecule has 0 spiro atoms. The molecule has 3 rings (SSSR count). The normalized spacial score (nSPS) is 12.0. The molecule has 26 heavy (non-hydrogen) atoms. The Morgan fingerprint density at radius 2 is 2.00 bits per heavy atom. The van der Waals surface area contributed by atoms with Crippen molar-refractivity contribution in [3.8, 4) is 0 Å². The van der Waals surface area contributed by atoms with E-state index in [0.717, 1.165) is 11.5 Å². The smallest absolute Gasteiger partial charge is 0.343 e. The lowest BCUT2D eigenvalue weighted by Crippen LogP contribution is -2.30. The fraction of sp³-hybridized carbons (Fsp3) is 0.250. The minimum Gasteiger partial charge on any atom is -0.449 e. The summed E-state index contributed by atoms with van der Waals surface area (Å²) < 4.78 is 9.36. The first-order valence-electron chi connectivity index (χ1n) is 7.77. The topological polar surface area (TPSA) is 129 Å². The fourth-order valence-corrected chi connectivity index (χ4v) is 3.14. The van der Waals surface area contributed by atoms with Gasteiger partial charge < -0.3 is 25.3 Å². The molecule has 1 unspecified atom stereocenters. The molecule has 0 aliphatic rings. The molecule has 1 amide bonds. The van der Waals surface area contributed by atoms with E-state index in [1.165, 1.54) is 6.92 Å². The van der Waals surface area contributed by atoms with E-state index in [9.17, 15) is 14.4 Å². The number of carbonyl (C=O) groups excluding carboxylic acids is 2. The summed E-state index contributed by atoms with van der Waals surface area (Å²) in [4.78, 5) is 41.1. The molecule has 0 fully saturated rings. The zero-order valence-corrected chi connectivity index (χ0v) is 15.1. The van der Waals surface area contributed by atoms with E-state index >= 15 is 0 Å². The maximum Gasteiger partial charge on any atom is 0.343 e. The number of imidazole rings is 1. The van der Waals surface area contributed by atoms with Crippen molar-refractivity contribution in [3.05, 3.63) is 39.9 Å². The van der Waals surface area contributed by atoms with E-state index in [1.807, 2.05) is 0 Å². The van der Waals surface area contributed by atoms with Crippen LogP contribution in [0.4, 0.5) is 10.7 Å². The largest absolute Gasteiger partial charge is 0.449 e. The van der Waals surface area contributed by atoms with Crippen LogP contribution in [0.3, 0.4) is 0 Å². The third-order valence-corrected chi connectivity index (χ3v) is 4.69. The Bertz CT molecular complexity index is 1030. The van der Waals surface area contributed by atoms with Gasteiger partial charge in [0, 0.05) is 12.7 Å². The predicted molar refractivity (Wildman–Crippen MR) is 98.8 cm³/mol. The van der Waals surface area contributed by atoms with Gasteiger partial charge in [-0.05, 0) is 43.6 Å². The van der Waals surface area contributed by atoms with Gasteiger partial charge in [-0.2, -0.15) is 4.37 Å². The number of aromatic nitrogens is 3. The summed E-state index contributed by atoms with van der Waals surface area (Å²) in [5, 5.41) is 6.12. The van der Waals surface area contributed by atoms with Gasteiger partial charge in [-0.3, -0.25) is 4.79 Å². The average molecular weight is 375 g/mol. The van der Waals surface area contributed by atoms with Gasteiger partial charge in [-0.1, -0.05) is 0 Å². The van der Waals surface area contributed by atoms with Gasteiger partial charge in [0.1, 0.15) is 10.6 Å². The first kappa shape index (κ1) is 17.7. The molecule has 2 aromatic heterocycles. The van der Waals surface area contributed by atoms with Crippen molar-refractivity contribution in [3.63, 3.8) is 0 Å². The number of esters is 1. The lowest BCUT2D eigenvalue weighted by molar-refractivity contribution is -0.123. The number of aromatic amines is 2. The number of anilines is 2. The van der Waals surface area contributed by atoms with Crippen LogP contribution in [0.1, 0.15) is 23.0 Å². The van der Waals surface area contributed by atoms with Crippen molar-refractivity contribution < 1.29 is 14.3 Å². The van der Waals surface area contributed by atoms with E-state index in [0.29, 0.717) is 33.0 Å². The van der Waals surface area contributed by atoms with Crippen LogP contribution in [-0.2, 0) is 9.53 Å². The molecule has 0 bridgehead atoms. The molecule has 2 heterocycles. The molecule has 10 heteroatoms. The number of fused-ring (bicyclic) bond motifs is 1. The third kappa shape index (κ3) is 3.45. The summed E-state index contributed by atoms with van der Waals surface area (Å²) in [6.45, 7) is 3.18. The maximum atomic E-state index is 12.3. The van der Waals surface area contributed by atoms with Gasteiger partial charge >= 0.3 is 11.7 Å². The summed E-state index contributed by atoms with van der Waals surface area (Å²) in [6, 6.07) is 4.93. The third-order valence-electron chi connectivity index (χ3n) is 3.73. The molecule has 0 aliphatic carbocycles. The Balaban J connectivity index is 1.69. The quantitative estimate of drug-likeness (QED) is 0.504. The van der Waals surface area contributed by atoms with Crippen molar-refractivity contribution >= 4 is 45.1 Å². The number of hydrogen-bond donors (Lipinski definition) is 4.